The Morgan fingerprint density at radius 3 is 2.80 bits per heavy atom. The lowest BCUT2D eigenvalue weighted by Crippen LogP contribution is -2.23. The summed E-state index contributed by atoms with van der Waals surface area (Å²) in [4.78, 5) is 16.1. The third-order valence-electron chi connectivity index (χ3n) is 3.13. The van der Waals surface area contributed by atoms with Crippen LogP contribution < -0.4 is 0 Å². The fourth-order valence-corrected chi connectivity index (χ4v) is 2.13. The van der Waals surface area contributed by atoms with E-state index in [-0.39, 0.29) is 11.7 Å². The van der Waals surface area contributed by atoms with Crippen molar-refractivity contribution in [1.29, 1.82) is 0 Å². The van der Waals surface area contributed by atoms with E-state index < -0.39 is 0 Å². The number of carbonyl (C=O) groups excluding carboxylic acids is 1. The topological polar surface area (TPSA) is 45.6 Å². The van der Waals surface area contributed by atoms with Gasteiger partial charge in [0.2, 0.25) is 0 Å². The molecular formula is C15H12FN3O. The summed E-state index contributed by atoms with van der Waals surface area (Å²) >= 11 is 0. The first-order chi connectivity index (χ1) is 9.75. The Balaban J connectivity index is 1.85. The van der Waals surface area contributed by atoms with Crippen LogP contribution in [-0.2, 0) is 0 Å². The third-order valence-corrected chi connectivity index (χ3v) is 3.13. The Labute approximate surface area is 115 Å². The van der Waals surface area contributed by atoms with Gasteiger partial charge in [0.1, 0.15) is 5.82 Å². The van der Waals surface area contributed by atoms with Crippen LogP contribution in [0.4, 0.5) is 4.39 Å². The number of pyridine rings is 1. The number of nitrogens with zero attached hydrogens (tertiary/aromatic N) is 3. The second-order valence-electron chi connectivity index (χ2n) is 4.45. The SMILES string of the molecule is O=C(c1cccnc1)N1CCC(c2ccccc2F)=N1. The minimum atomic E-state index is -0.318. The summed E-state index contributed by atoms with van der Waals surface area (Å²) in [6.07, 6.45) is 3.65. The molecule has 1 aliphatic heterocycles. The van der Waals surface area contributed by atoms with Gasteiger partial charge >= 0.3 is 0 Å². The first-order valence-corrected chi connectivity index (χ1v) is 6.30. The average molecular weight is 269 g/mol. The molecule has 0 saturated carbocycles. The molecule has 1 aromatic heterocycles. The Morgan fingerprint density at radius 2 is 2.05 bits per heavy atom. The molecule has 0 aliphatic carbocycles. The highest BCUT2D eigenvalue weighted by Gasteiger charge is 2.23. The zero-order chi connectivity index (χ0) is 13.9. The van der Waals surface area contributed by atoms with E-state index >= 15 is 0 Å². The molecule has 0 unspecified atom stereocenters. The van der Waals surface area contributed by atoms with Crippen molar-refractivity contribution in [2.24, 2.45) is 5.10 Å². The first-order valence-electron chi connectivity index (χ1n) is 6.30. The molecule has 1 aliphatic rings. The third kappa shape index (κ3) is 2.30. The van der Waals surface area contributed by atoms with Gasteiger partial charge in [-0.25, -0.2) is 9.40 Å². The number of halogens is 1. The van der Waals surface area contributed by atoms with E-state index in [9.17, 15) is 9.18 Å². The smallest absolute Gasteiger partial charge is 0.267 e. The Kier molecular flexibility index (Phi) is 3.25. The lowest BCUT2D eigenvalue weighted by atomic mass is 10.1. The molecule has 0 fully saturated rings. The van der Waals surface area contributed by atoms with Crippen LogP contribution in [0.25, 0.3) is 0 Å². The molecule has 100 valence electrons. The van der Waals surface area contributed by atoms with Crippen LogP contribution in [0.1, 0.15) is 22.3 Å². The summed E-state index contributed by atoms with van der Waals surface area (Å²) in [5.41, 5.74) is 1.53. The second-order valence-corrected chi connectivity index (χ2v) is 4.45. The van der Waals surface area contributed by atoms with Crippen LogP contribution in [0.2, 0.25) is 0 Å². The normalized spacial score (nSPS) is 14.2. The highest BCUT2D eigenvalue weighted by atomic mass is 19.1. The van der Waals surface area contributed by atoms with Gasteiger partial charge in [-0.2, -0.15) is 5.10 Å². The molecule has 3 rings (SSSR count). The number of aromatic nitrogens is 1. The lowest BCUT2D eigenvalue weighted by Gasteiger charge is -2.10. The number of amides is 1. The molecule has 2 aromatic rings. The Bertz CT molecular complexity index is 670. The van der Waals surface area contributed by atoms with Crippen LogP contribution in [-0.4, -0.2) is 28.2 Å². The summed E-state index contributed by atoms with van der Waals surface area (Å²) in [5.74, 6) is -0.536. The van der Waals surface area contributed by atoms with Gasteiger partial charge in [-0.15, -0.1) is 0 Å². The molecule has 0 N–H and O–H groups in total. The van der Waals surface area contributed by atoms with E-state index in [0.29, 0.717) is 29.8 Å². The van der Waals surface area contributed by atoms with Crippen molar-refractivity contribution in [2.75, 3.05) is 6.54 Å². The molecular weight excluding hydrogens is 257 g/mol. The van der Waals surface area contributed by atoms with Gasteiger partial charge in [0.15, 0.2) is 0 Å². The van der Waals surface area contributed by atoms with Crippen LogP contribution in [0, 0.1) is 5.82 Å². The second kappa shape index (κ2) is 5.21. The maximum absolute atomic E-state index is 13.7. The molecule has 5 heteroatoms. The number of hydrazone groups is 1. The minimum absolute atomic E-state index is 0.218. The van der Waals surface area contributed by atoms with E-state index in [1.807, 2.05) is 0 Å². The van der Waals surface area contributed by atoms with E-state index in [0.717, 1.165) is 0 Å². The number of benzene rings is 1. The van der Waals surface area contributed by atoms with Crippen molar-refractivity contribution in [2.45, 2.75) is 6.42 Å². The number of rotatable bonds is 2. The lowest BCUT2D eigenvalue weighted by molar-refractivity contribution is 0.0778. The summed E-state index contributed by atoms with van der Waals surface area (Å²) in [6, 6.07) is 9.84. The largest absolute Gasteiger partial charge is 0.275 e. The molecule has 0 atom stereocenters. The Hall–Kier alpha value is -2.56. The van der Waals surface area contributed by atoms with Gasteiger partial charge in [-0.3, -0.25) is 9.78 Å². The van der Waals surface area contributed by atoms with Crippen molar-refractivity contribution in [3.63, 3.8) is 0 Å². The maximum Gasteiger partial charge on any atom is 0.275 e. The molecule has 4 nitrogen and oxygen atoms in total. The van der Waals surface area contributed by atoms with Crippen LogP contribution >= 0.6 is 0 Å². The van der Waals surface area contributed by atoms with Crippen LogP contribution in [0.5, 0.6) is 0 Å². The summed E-state index contributed by atoms with van der Waals surface area (Å²) < 4.78 is 13.7. The van der Waals surface area contributed by atoms with Crippen molar-refractivity contribution < 1.29 is 9.18 Å². The van der Waals surface area contributed by atoms with Gasteiger partial charge in [0, 0.05) is 24.4 Å². The first kappa shape index (κ1) is 12.5. The van der Waals surface area contributed by atoms with Gasteiger partial charge in [-0.1, -0.05) is 18.2 Å². The molecule has 0 bridgehead atoms. The molecule has 0 spiro atoms. The monoisotopic (exact) mass is 269 g/mol. The Morgan fingerprint density at radius 1 is 1.20 bits per heavy atom. The van der Waals surface area contributed by atoms with Crippen molar-refractivity contribution in [3.8, 4) is 0 Å². The molecule has 0 saturated heterocycles. The quantitative estimate of drug-likeness (QED) is 0.840. The standard InChI is InChI=1S/C15H12FN3O/c16-13-6-2-1-5-12(13)14-7-9-19(18-14)15(20)11-4-3-8-17-10-11/h1-6,8,10H,7,9H2. The van der Waals surface area contributed by atoms with Crippen LogP contribution in [0.15, 0.2) is 53.9 Å². The van der Waals surface area contributed by atoms with E-state index in [2.05, 4.69) is 10.1 Å². The van der Waals surface area contributed by atoms with E-state index in [1.54, 1.807) is 36.5 Å². The zero-order valence-electron chi connectivity index (χ0n) is 10.7. The van der Waals surface area contributed by atoms with Gasteiger partial charge < -0.3 is 0 Å². The highest BCUT2D eigenvalue weighted by molar-refractivity contribution is 6.04. The van der Waals surface area contributed by atoms with E-state index in [4.69, 9.17) is 0 Å². The zero-order valence-corrected chi connectivity index (χ0v) is 10.7. The fourth-order valence-electron chi connectivity index (χ4n) is 2.13. The maximum atomic E-state index is 13.7. The molecule has 1 aromatic carbocycles. The van der Waals surface area contributed by atoms with Crippen molar-refractivity contribution >= 4 is 11.6 Å². The molecule has 20 heavy (non-hydrogen) atoms. The van der Waals surface area contributed by atoms with Crippen molar-refractivity contribution in [1.82, 2.24) is 9.99 Å². The van der Waals surface area contributed by atoms with E-state index in [1.165, 1.54) is 17.3 Å². The highest BCUT2D eigenvalue weighted by Crippen LogP contribution is 2.18. The minimum Gasteiger partial charge on any atom is -0.267 e. The van der Waals surface area contributed by atoms with Crippen LogP contribution in [0.3, 0.4) is 0 Å². The number of hydrogen-bond acceptors (Lipinski definition) is 3. The van der Waals surface area contributed by atoms with Crippen molar-refractivity contribution in [3.05, 3.63) is 65.7 Å². The molecule has 1 amide bonds. The fraction of sp³-hybridized carbons (Fsp3) is 0.133. The summed E-state index contributed by atoms with van der Waals surface area (Å²) in [5, 5.41) is 5.59. The molecule has 2 heterocycles. The number of carbonyl (C=O) groups is 1. The number of hydrogen-bond donors (Lipinski definition) is 0. The molecule has 0 radical (unpaired) electrons. The van der Waals surface area contributed by atoms with Gasteiger partial charge in [0.25, 0.3) is 5.91 Å². The van der Waals surface area contributed by atoms with Gasteiger partial charge in [0.05, 0.1) is 17.8 Å². The predicted octanol–water partition coefficient (Wildman–Crippen LogP) is 2.47. The predicted molar refractivity (Wildman–Crippen MR) is 72.8 cm³/mol. The average Bonchev–Trinajstić information content (AvgIpc) is 2.97. The van der Waals surface area contributed by atoms with Gasteiger partial charge in [-0.05, 0) is 18.2 Å². The summed E-state index contributed by atoms with van der Waals surface area (Å²) in [7, 11) is 0. The summed E-state index contributed by atoms with van der Waals surface area (Å²) in [6.45, 7) is 0.456.